The van der Waals surface area contributed by atoms with Gasteiger partial charge in [0.2, 0.25) is 0 Å². The first-order valence-electron chi connectivity index (χ1n) is 14.6. The van der Waals surface area contributed by atoms with Crippen LogP contribution in [0.15, 0.2) is 60.2 Å². The lowest BCUT2D eigenvalue weighted by atomic mass is 9.58. The van der Waals surface area contributed by atoms with Crippen LogP contribution in [0.2, 0.25) is 0 Å². The number of nitrogens with zero attached hydrogens (tertiary/aromatic N) is 3. The molecule has 1 unspecified atom stereocenters. The number of anilines is 1. The van der Waals surface area contributed by atoms with E-state index in [1.54, 1.807) is 24.3 Å². The van der Waals surface area contributed by atoms with Crippen LogP contribution in [0.25, 0.3) is 5.57 Å². The van der Waals surface area contributed by atoms with Crippen LogP contribution in [-0.2, 0) is 4.74 Å². The summed E-state index contributed by atoms with van der Waals surface area (Å²) in [6, 6.07) is 14.1. The highest BCUT2D eigenvalue weighted by Gasteiger charge is 2.45. The van der Waals surface area contributed by atoms with E-state index in [0.29, 0.717) is 24.3 Å². The third kappa shape index (κ3) is 8.07. The van der Waals surface area contributed by atoms with E-state index in [-0.39, 0.29) is 28.1 Å². The lowest BCUT2D eigenvalue weighted by Crippen LogP contribution is -2.47. The molecule has 1 aliphatic carbocycles. The van der Waals surface area contributed by atoms with E-state index in [1.807, 2.05) is 45.9 Å². The molecule has 1 atom stereocenters. The maximum Gasteiger partial charge on any atom is 0.337 e. The third-order valence-electron chi connectivity index (χ3n) is 7.03. The second-order valence-corrected chi connectivity index (χ2v) is 10.4. The Bertz CT molecular complexity index is 1290. The summed E-state index contributed by atoms with van der Waals surface area (Å²) in [6.45, 7) is 20.2. The first kappa shape index (κ1) is 35.1. The number of carbonyl (C=O) groups excluding carboxylic acids is 1. The molecule has 7 nitrogen and oxygen atoms in total. The number of rotatable bonds is 4. The molecule has 41 heavy (non-hydrogen) atoms. The predicted molar refractivity (Wildman–Crippen MR) is 169 cm³/mol. The fourth-order valence-electron chi connectivity index (χ4n) is 5.46. The number of esters is 1. The molecule has 0 bridgehead atoms. The molecule has 222 valence electrons. The number of methoxy groups -OCH3 is 1. The zero-order valence-corrected chi connectivity index (χ0v) is 26.5. The second-order valence-electron chi connectivity index (χ2n) is 10.4. The van der Waals surface area contributed by atoms with Crippen molar-refractivity contribution in [3.05, 3.63) is 87.0 Å². The average molecular weight is 562 g/mol. The van der Waals surface area contributed by atoms with Crippen LogP contribution in [0, 0.1) is 32.3 Å². The normalized spacial score (nSPS) is 18.1. The molecule has 0 saturated carbocycles. The zero-order valence-electron chi connectivity index (χ0n) is 26.5. The zero-order chi connectivity index (χ0) is 31.4. The monoisotopic (exact) mass is 561 g/mol. The van der Waals surface area contributed by atoms with Gasteiger partial charge in [-0.3, -0.25) is 10.1 Å². The smallest absolute Gasteiger partial charge is 0.337 e. The molecule has 0 saturated heterocycles. The van der Waals surface area contributed by atoms with E-state index < -0.39 is 4.92 Å². The Balaban J connectivity index is 0.00000110. The van der Waals surface area contributed by atoms with Crippen molar-refractivity contribution in [2.75, 3.05) is 25.1 Å². The first-order valence-corrected chi connectivity index (χ1v) is 14.6. The summed E-state index contributed by atoms with van der Waals surface area (Å²) < 4.78 is 4.81. The van der Waals surface area contributed by atoms with Gasteiger partial charge in [0.15, 0.2) is 0 Å². The van der Waals surface area contributed by atoms with Crippen molar-refractivity contribution in [2.24, 2.45) is 10.8 Å². The number of allylic oxidation sites excluding steroid dienone is 2. The molecule has 0 N–H and O–H groups in total. The van der Waals surface area contributed by atoms with Crippen molar-refractivity contribution in [1.29, 1.82) is 5.26 Å². The van der Waals surface area contributed by atoms with Crippen molar-refractivity contribution in [3.8, 4) is 6.07 Å². The van der Waals surface area contributed by atoms with Gasteiger partial charge in [-0.2, -0.15) is 5.26 Å². The van der Waals surface area contributed by atoms with Crippen LogP contribution in [-0.4, -0.2) is 31.1 Å². The number of nitriles is 1. The summed E-state index contributed by atoms with van der Waals surface area (Å²) in [5, 5.41) is 20.7. The SMILES string of the molecule is CC.CC.CCC.COC(=O)c1ccc(C2=CCC3(C)CN(c4cc(C#N)cc([N+](=O)[O-])c4)CC=C3C2(C)C)cc1. The molecule has 1 heterocycles. The molecule has 0 radical (unpaired) electrons. The van der Waals surface area contributed by atoms with Gasteiger partial charge in [0.1, 0.15) is 0 Å². The number of nitro benzene ring substituents is 1. The molecule has 4 rings (SSSR count). The van der Waals surface area contributed by atoms with Gasteiger partial charge in [-0.25, -0.2) is 4.79 Å². The Labute approximate surface area is 246 Å². The fourth-order valence-corrected chi connectivity index (χ4v) is 5.46. The Morgan fingerprint density at radius 3 is 2.15 bits per heavy atom. The van der Waals surface area contributed by atoms with Gasteiger partial charge in [0, 0.05) is 41.7 Å². The summed E-state index contributed by atoms with van der Waals surface area (Å²) in [6.07, 6.45) is 6.55. The number of fused-ring (bicyclic) bond motifs is 1. The highest BCUT2D eigenvalue weighted by Crippen LogP contribution is 2.55. The summed E-state index contributed by atoms with van der Waals surface area (Å²) in [5.41, 5.74) is 4.64. The Kier molecular flexibility index (Phi) is 13.5. The largest absolute Gasteiger partial charge is 0.465 e. The van der Waals surface area contributed by atoms with E-state index in [4.69, 9.17) is 4.74 Å². The van der Waals surface area contributed by atoms with Gasteiger partial charge >= 0.3 is 5.97 Å². The first-order chi connectivity index (χ1) is 19.5. The number of non-ortho nitro benzene ring substituents is 1. The number of benzene rings is 2. The molecule has 1 aliphatic heterocycles. The maximum atomic E-state index is 11.8. The maximum absolute atomic E-state index is 11.8. The molecule has 0 spiro atoms. The minimum atomic E-state index is -0.457. The molecule has 2 aromatic rings. The van der Waals surface area contributed by atoms with E-state index in [0.717, 1.165) is 12.0 Å². The van der Waals surface area contributed by atoms with Gasteiger partial charge < -0.3 is 9.64 Å². The Hall–Kier alpha value is -3.92. The topological polar surface area (TPSA) is 96.5 Å². The lowest BCUT2D eigenvalue weighted by Gasteiger charge is -2.51. The molecular weight excluding hydrogens is 514 g/mol. The van der Waals surface area contributed by atoms with E-state index in [9.17, 15) is 20.2 Å². The minimum absolute atomic E-state index is 0.0736. The Morgan fingerprint density at radius 2 is 1.63 bits per heavy atom. The summed E-state index contributed by atoms with van der Waals surface area (Å²) in [4.78, 5) is 24.8. The molecular formula is C34H47N3O4. The standard InChI is InChI=1S/C27H27N3O4.C3H8.2C2H6/c1-26(2)23(19-5-7-20(8-6-19)25(31)34-4)9-11-27(3)17-29(12-10-24(26)27)21-13-18(16-28)14-22(15-21)30(32)33;1-3-2;2*1-2/h5-10,13-15H,11-12,17H2,1-4H3;3H2,1-2H3;2*1-2H3. The second kappa shape index (κ2) is 15.8. The van der Waals surface area contributed by atoms with Gasteiger partial charge in [-0.15, -0.1) is 0 Å². The van der Waals surface area contributed by atoms with Crippen molar-refractivity contribution in [3.63, 3.8) is 0 Å². The van der Waals surface area contributed by atoms with Crippen LogP contribution >= 0.6 is 0 Å². The summed E-state index contributed by atoms with van der Waals surface area (Å²) >= 11 is 0. The number of hydrogen-bond donors (Lipinski definition) is 0. The van der Waals surface area contributed by atoms with Gasteiger partial charge in [-0.1, -0.05) is 98.6 Å². The van der Waals surface area contributed by atoms with Crippen LogP contribution in [0.4, 0.5) is 11.4 Å². The van der Waals surface area contributed by atoms with Gasteiger partial charge in [0.05, 0.1) is 29.2 Å². The molecule has 7 heteroatoms. The van der Waals surface area contributed by atoms with Crippen LogP contribution < -0.4 is 4.90 Å². The van der Waals surface area contributed by atoms with Crippen molar-refractivity contribution >= 4 is 22.9 Å². The quantitative estimate of drug-likeness (QED) is 0.160. The minimum Gasteiger partial charge on any atom is -0.465 e. The number of carbonyl (C=O) groups is 1. The van der Waals surface area contributed by atoms with E-state index in [2.05, 4.69) is 51.7 Å². The third-order valence-corrected chi connectivity index (χ3v) is 7.03. The van der Waals surface area contributed by atoms with Crippen molar-refractivity contribution < 1.29 is 14.5 Å². The van der Waals surface area contributed by atoms with Crippen LogP contribution in [0.1, 0.15) is 96.6 Å². The lowest BCUT2D eigenvalue weighted by molar-refractivity contribution is -0.384. The number of hydrogen-bond acceptors (Lipinski definition) is 6. The molecule has 0 amide bonds. The molecule has 2 aliphatic rings. The average Bonchev–Trinajstić information content (AvgIpc) is 2.98. The molecule has 2 aromatic carbocycles. The van der Waals surface area contributed by atoms with E-state index >= 15 is 0 Å². The van der Waals surface area contributed by atoms with Crippen molar-refractivity contribution in [1.82, 2.24) is 0 Å². The highest BCUT2D eigenvalue weighted by molar-refractivity contribution is 5.90. The highest BCUT2D eigenvalue weighted by atomic mass is 16.6. The number of nitro groups is 1. The Morgan fingerprint density at radius 1 is 1.05 bits per heavy atom. The molecule has 0 aromatic heterocycles. The summed E-state index contributed by atoms with van der Waals surface area (Å²) in [5.74, 6) is -0.355. The van der Waals surface area contributed by atoms with Gasteiger partial charge in [-0.05, 0) is 35.8 Å². The van der Waals surface area contributed by atoms with Crippen LogP contribution in [0.3, 0.4) is 0 Å². The number of ether oxygens (including phenoxy) is 1. The predicted octanol–water partition coefficient (Wildman–Crippen LogP) is 8.99. The van der Waals surface area contributed by atoms with Gasteiger partial charge in [0.25, 0.3) is 5.69 Å². The van der Waals surface area contributed by atoms with E-state index in [1.165, 1.54) is 30.7 Å². The van der Waals surface area contributed by atoms with Crippen molar-refractivity contribution in [2.45, 2.75) is 75.2 Å². The van der Waals surface area contributed by atoms with Crippen LogP contribution in [0.5, 0.6) is 0 Å². The fraction of sp³-hybridized carbons (Fsp3) is 0.471. The summed E-state index contributed by atoms with van der Waals surface area (Å²) in [7, 11) is 1.37. The molecule has 0 fully saturated rings.